The number of rotatable bonds is 10. The summed E-state index contributed by atoms with van der Waals surface area (Å²) in [6, 6.07) is 19.7. The molecule has 0 aliphatic rings. The number of unbranched alkanes of at least 4 members (excludes halogenated alkanes) is 6. The van der Waals surface area contributed by atoms with E-state index in [1.54, 1.807) is 12.1 Å². The lowest BCUT2D eigenvalue weighted by atomic mass is 9.86. The van der Waals surface area contributed by atoms with Crippen LogP contribution in [0.4, 0.5) is 0 Å². The molecule has 0 saturated heterocycles. The molecule has 0 aromatic heterocycles. The van der Waals surface area contributed by atoms with Gasteiger partial charge in [0.15, 0.2) is 0 Å². The number of carboxylic acid groups (broad SMARTS) is 1. The summed E-state index contributed by atoms with van der Waals surface area (Å²) in [7, 11) is 0. The van der Waals surface area contributed by atoms with Gasteiger partial charge in [0.25, 0.3) is 5.91 Å². The monoisotopic (exact) mass is 465 g/mol. The first-order valence-corrected chi connectivity index (χ1v) is 12.8. The summed E-state index contributed by atoms with van der Waals surface area (Å²) in [5.74, 6) is -1.23. The number of aromatic carboxylic acids is 1. The van der Waals surface area contributed by atoms with Crippen molar-refractivity contribution in [3.8, 4) is 0 Å². The molecule has 0 heterocycles. The van der Waals surface area contributed by atoms with E-state index in [2.05, 4.69) is 36.5 Å². The Hall–Kier alpha value is -3.66. The van der Waals surface area contributed by atoms with E-state index in [0.717, 1.165) is 45.2 Å². The fraction of sp³-hybridized carbons (Fsp3) is 0.290. The summed E-state index contributed by atoms with van der Waals surface area (Å²) in [6.07, 6.45) is 8.25. The largest absolute Gasteiger partial charge is 0.478 e. The normalized spacial score (nSPS) is 11.7. The Kier molecular flexibility index (Phi) is 6.54. The average Bonchev–Trinajstić information content (AvgIpc) is 2.87. The molecule has 5 rings (SSSR count). The van der Waals surface area contributed by atoms with Crippen molar-refractivity contribution in [1.29, 1.82) is 0 Å². The first kappa shape index (κ1) is 23.1. The van der Waals surface area contributed by atoms with Crippen molar-refractivity contribution in [3.05, 3.63) is 71.8 Å². The zero-order chi connectivity index (χ0) is 24.4. The highest BCUT2D eigenvalue weighted by Crippen LogP contribution is 2.42. The summed E-state index contributed by atoms with van der Waals surface area (Å²) in [5.41, 5.74) is 0.593. The van der Waals surface area contributed by atoms with Crippen LogP contribution in [0.25, 0.3) is 43.1 Å². The minimum atomic E-state index is -1.02. The van der Waals surface area contributed by atoms with Crippen LogP contribution in [0.3, 0.4) is 0 Å². The van der Waals surface area contributed by atoms with Crippen molar-refractivity contribution in [2.75, 3.05) is 6.54 Å². The van der Waals surface area contributed by atoms with Crippen LogP contribution in [-0.2, 0) is 0 Å². The van der Waals surface area contributed by atoms with Crippen molar-refractivity contribution in [3.63, 3.8) is 0 Å². The summed E-state index contributed by atoms with van der Waals surface area (Å²) >= 11 is 0. The van der Waals surface area contributed by atoms with E-state index in [1.807, 2.05) is 24.3 Å². The fourth-order valence-electron chi connectivity index (χ4n) is 5.48. The zero-order valence-corrected chi connectivity index (χ0v) is 20.2. The van der Waals surface area contributed by atoms with E-state index < -0.39 is 5.97 Å². The maximum Gasteiger partial charge on any atom is 0.336 e. The smallest absolute Gasteiger partial charge is 0.336 e. The summed E-state index contributed by atoms with van der Waals surface area (Å²) in [4.78, 5) is 25.5. The number of carbonyl (C=O) groups is 2. The molecule has 0 saturated carbocycles. The Morgan fingerprint density at radius 3 is 1.86 bits per heavy atom. The fourth-order valence-corrected chi connectivity index (χ4v) is 5.48. The molecule has 1 amide bonds. The van der Waals surface area contributed by atoms with Gasteiger partial charge in [-0.3, -0.25) is 4.79 Å². The predicted octanol–water partition coefficient (Wildman–Crippen LogP) is 7.92. The number of carbonyl (C=O) groups excluding carboxylic acids is 1. The standard InChI is InChI=1S/C31H31NO3/c1-2-3-4-5-6-7-8-19-32-30(33)25-17-15-23-21-13-9-11-20-12-10-14-22(27(20)21)24-16-18-26(31(34)35)29(25)28(23)24/h9-18H,2-8,19H2,1H3,(H,32,33)(H,34,35). The third-order valence-electron chi connectivity index (χ3n) is 7.19. The van der Waals surface area contributed by atoms with Crippen LogP contribution in [0.15, 0.2) is 60.7 Å². The molecule has 0 aliphatic heterocycles. The minimum Gasteiger partial charge on any atom is -0.478 e. The molecular formula is C31H31NO3. The molecular weight excluding hydrogens is 434 g/mol. The molecule has 0 fully saturated rings. The van der Waals surface area contributed by atoms with Gasteiger partial charge in [0, 0.05) is 17.5 Å². The van der Waals surface area contributed by atoms with Crippen molar-refractivity contribution < 1.29 is 14.7 Å². The maximum absolute atomic E-state index is 13.3. The van der Waals surface area contributed by atoms with E-state index >= 15 is 0 Å². The Morgan fingerprint density at radius 2 is 1.23 bits per heavy atom. The Labute approximate surface area is 205 Å². The second kappa shape index (κ2) is 9.91. The molecule has 0 unspecified atom stereocenters. The topological polar surface area (TPSA) is 66.4 Å². The lowest BCUT2D eigenvalue weighted by Gasteiger charge is -2.17. The van der Waals surface area contributed by atoms with Crippen LogP contribution >= 0.6 is 0 Å². The number of amides is 1. The van der Waals surface area contributed by atoms with Gasteiger partial charge in [0.2, 0.25) is 0 Å². The average molecular weight is 466 g/mol. The Bertz CT molecular complexity index is 1490. The van der Waals surface area contributed by atoms with Gasteiger partial charge in [0.05, 0.1) is 5.56 Å². The van der Waals surface area contributed by atoms with Crippen molar-refractivity contribution in [2.24, 2.45) is 0 Å². The van der Waals surface area contributed by atoms with Gasteiger partial charge in [-0.2, -0.15) is 0 Å². The summed E-state index contributed by atoms with van der Waals surface area (Å²) < 4.78 is 0. The SMILES string of the molecule is CCCCCCCCCNC(=O)c1ccc2c3cccc4cccc(c5ccc(C(=O)O)c1c52)c43. The minimum absolute atomic E-state index is 0.165. The highest BCUT2D eigenvalue weighted by atomic mass is 16.4. The zero-order valence-electron chi connectivity index (χ0n) is 20.2. The summed E-state index contributed by atoms with van der Waals surface area (Å²) in [6.45, 7) is 2.81. The molecule has 0 spiro atoms. The van der Waals surface area contributed by atoms with Crippen LogP contribution in [-0.4, -0.2) is 23.5 Å². The van der Waals surface area contributed by atoms with E-state index in [1.165, 1.54) is 37.5 Å². The third-order valence-corrected chi connectivity index (χ3v) is 7.19. The van der Waals surface area contributed by atoms with Gasteiger partial charge >= 0.3 is 5.97 Å². The second-order valence-electron chi connectivity index (χ2n) is 9.46. The molecule has 5 aromatic carbocycles. The van der Waals surface area contributed by atoms with Crippen molar-refractivity contribution in [1.82, 2.24) is 5.32 Å². The molecule has 0 atom stereocenters. The van der Waals surface area contributed by atoms with Crippen molar-refractivity contribution in [2.45, 2.75) is 51.9 Å². The molecule has 35 heavy (non-hydrogen) atoms. The number of hydrogen-bond acceptors (Lipinski definition) is 2. The molecule has 0 aliphatic carbocycles. The van der Waals surface area contributed by atoms with Gasteiger partial charge in [0.1, 0.15) is 0 Å². The number of carboxylic acids is 1. The van der Waals surface area contributed by atoms with Gasteiger partial charge in [-0.15, -0.1) is 0 Å². The van der Waals surface area contributed by atoms with Crippen LogP contribution in [0.1, 0.15) is 72.6 Å². The van der Waals surface area contributed by atoms with Gasteiger partial charge in [-0.05, 0) is 56.3 Å². The molecule has 178 valence electrons. The molecule has 2 N–H and O–H groups in total. The van der Waals surface area contributed by atoms with E-state index in [9.17, 15) is 14.7 Å². The molecule has 5 aromatic rings. The van der Waals surface area contributed by atoms with Gasteiger partial charge in [-0.1, -0.05) is 94.0 Å². The quantitative estimate of drug-likeness (QED) is 0.125. The van der Waals surface area contributed by atoms with Crippen LogP contribution < -0.4 is 5.32 Å². The van der Waals surface area contributed by atoms with Crippen LogP contribution in [0.2, 0.25) is 0 Å². The Morgan fingerprint density at radius 1 is 0.657 bits per heavy atom. The van der Waals surface area contributed by atoms with Gasteiger partial charge < -0.3 is 10.4 Å². The number of fused-ring (bicyclic) bond motifs is 2. The molecule has 4 nitrogen and oxygen atoms in total. The van der Waals surface area contributed by atoms with E-state index in [0.29, 0.717) is 17.5 Å². The second-order valence-corrected chi connectivity index (χ2v) is 9.46. The highest BCUT2D eigenvalue weighted by molar-refractivity contribution is 6.36. The van der Waals surface area contributed by atoms with Crippen LogP contribution in [0.5, 0.6) is 0 Å². The van der Waals surface area contributed by atoms with E-state index in [4.69, 9.17) is 0 Å². The van der Waals surface area contributed by atoms with Crippen LogP contribution in [0, 0.1) is 0 Å². The maximum atomic E-state index is 13.3. The summed E-state index contributed by atoms with van der Waals surface area (Å²) in [5, 5.41) is 20.9. The lowest BCUT2D eigenvalue weighted by Crippen LogP contribution is -2.25. The van der Waals surface area contributed by atoms with Crippen molar-refractivity contribution >= 4 is 55.0 Å². The first-order valence-electron chi connectivity index (χ1n) is 12.8. The molecule has 4 heteroatoms. The Balaban J connectivity index is 1.55. The predicted molar refractivity (Wildman–Crippen MR) is 145 cm³/mol. The number of hydrogen-bond donors (Lipinski definition) is 2. The lowest BCUT2D eigenvalue weighted by molar-refractivity contribution is 0.0699. The van der Waals surface area contributed by atoms with E-state index in [-0.39, 0.29) is 11.5 Å². The number of benzene rings is 5. The number of nitrogens with one attached hydrogen (secondary N) is 1. The first-order chi connectivity index (χ1) is 17.1. The molecule has 0 bridgehead atoms. The highest BCUT2D eigenvalue weighted by Gasteiger charge is 2.22. The third kappa shape index (κ3) is 4.18. The molecule has 0 radical (unpaired) electrons. The van der Waals surface area contributed by atoms with Gasteiger partial charge in [-0.25, -0.2) is 4.79 Å².